The monoisotopic (exact) mass is 276 g/mol. The van der Waals surface area contributed by atoms with E-state index in [1.54, 1.807) is 16.4 Å². The quantitative estimate of drug-likeness (QED) is 0.621. The molecule has 5 heteroatoms. The topological polar surface area (TPSA) is 44.1 Å². The largest absolute Gasteiger partial charge is 0.469 e. The third-order valence-corrected chi connectivity index (χ3v) is 3.76. The maximum Gasteiger partial charge on any atom is 0.309 e. The van der Waals surface area contributed by atoms with Gasteiger partial charge >= 0.3 is 5.97 Å². The normalized spacial score (nSPS) is 10.4. The lowest BCUT2D eigenvalue weighted by Crippen LogP contribution is -2.06. The van der Waals surface area contributed by atoms with Crippen LogP contribution in [0.25, 0.3) is 0 Å². The first-order chi connectivity index (χ1) is 9.19. The van der Waals surface area contributed by atoms with Crippen LogP contribution in [0.15, 0.2) is 41.6 Å². The molecular weight excluding hydrogens is 260 g/mol. The average molecular weight is 276 g/mol. The number of rotatable bonds is 5. The van der Waals surface area contributed by atoms with Crippen LogP contribution >= 0.6 is 11.8 Å². The molecule has 0 fully saturated rings. The van der Waals surface area contributed by atoms with Gasteiger partial charge in [-0.3, -0.25) is 9.48 Å². The number of nitrogens with zero attached hydrogens (tertiary/aromatic N) is 2. The Kier molecular flexibility index (Phi) is 4.63. The SMILES string of the molecule is COC(=O)Cc1ccccc1CSc1cnn(C)c1. The summed E-state index contributed by atoms with van der Waals surface area (Å²) in [5.74, 6) is 0.609. The Morgan fingerprint density at radius 1 is 1.37 bits per heavy atom. The fourth-order valence-corrected chi connectivity index (χ4v) is 2.69. The van der Waals surface area contributed by atoms with E-state index in [1.807, 2.05) is 43.7 Å². The minimum atomic E-state index is -0.209. The molecule has 2 rings (SSSR count). The van der Waals surface area contributed by atoms with Crippen molar-refractivity contribution in [3.05, 3.63) is 47.8 Å². The maximum atomic E-state index is 11.4. The molecule has 0 spiro atoms. The molecule has 1 aromatic heterocycles. The van der Waals surface area contributed by atoms with Crippen molar-refractivity contribution >= 4 is 17.7 Å². The van der Waals surface area contributed by atoms with Crippen molar-refractivity contribution in [3.63, 3.8) is 0 Å². The number of carbonyl (C=O) groups excluding carboxylic acids is 1. The summed E-state index contributed by atoms with van der Waals surface area (Å²) >= 11 is 1.71. The number of aryl methyl sites for hydroxylation is 1. The first-order valence-electron chi connectivity index (χ1n) is 5.94. The van der Waals surface area contributed by atoms with Crippen LogP contribution in [0.5, 0.6) is 0 Å². The number of carbonyl (C=O) groups is 1. The second-order valence-electron chi connectivity index (χ2n) is 4.16. The fourth-order valence-electron chi connectivity index (χ4n) is 1.73. The molecule has 0 bridgehead atoms. The fraction of sp³-hybridized carbons (Fsp3) is 0.286. The van der Waals surface area contributed by atoms with E-state index in [9.17, 15) is 4.79 Å². The number of benzene rings is 1. The second kappa shape index (κ2) is 6.43. The zero-order chi connectivity index (χ0) is 13.7. The summed E-state index contributed by atoms with van der Waals surface area (Å²) in [5.41, 5.74) is 2.17. The van der Waals surface area contributed by atoms with Crippen LogP contribution in [0.3, 0.4) is 0 Å². The molecule has 0 N–H and O–H groups in total. The summed E-state index contributed by atoms with van der Waals surface area (Å²) in [6.45, 7) is 0. The van der Waals surface area contributed by atoms with Crippen molar-refractivity contribution < 1.29 is 9.53 Å². The highest BCUT2D eigenvalue weighted by Gasteiger charge is 2.08. The zero-order valence-electron chi connectivity index (χ0n) is 11.0. The van der Waals surface area contributed by atoms with Crippen LogP contribution in [0.4, 0.5) is 0 Å². The van der Waals surface area contributed by atoms with Gasteiger partial charge in [-0.1, -0.05) is 24.3 Å². The Bertz CT molecular complexity index is 566. The number of thioether (sulfide) groups is 1. The van der Waals surface area contributed by atoms with Crippen LogP contribution in [-0.2, 0) is 28.8 Å². The van der Waals surface area contributed by atoms with Gasteiger partial charge < -0.3 is 4.74 Å². The summed E-state index contributed by atoms with van der Waals surface area (Å²) in [5, 5.41) is 4.13. The molecule has 100 valence electrons. The number of hydrogen-bond donors (Lipinski definition) is 0. The summed E-state index contributed by atoms with van der Waals surface area (Å²) in [4.78, 5) is 12.5. The Labute approximate surface area is 116 Å². The minimum Gasteiger partial charge on any atom is -0.469 e. The van der Waals surface area contributed by atoms with Crippen molar-refractivity contribution in [2.24, 2.45) is 7.05 Å². The van der Waals surface area contributed by atoms with Crippen molar-refractivity contribution in [1.29, 1.82) is 0 Å². The molecule has 4 nitrogen and oxygen atoms in total. The molecule has 0 aliphatic carbocycles. The molecule has 2 aromatic rings. The predicted octanol–water partition coefficient (Wildman–Crippen LogP) is 2.43. The van der Waals surface area contributed by atoms with E-state index in [4.69, 9.17) is 4.74 Å². The van der Waals surface area contributed by atoms with E-state index < -0.39 is 0 Å². The van der Waals surface area contributed by atoms with Gasteiger partial charge in [0.15, 0.2) is 0 Å². The van der Waals surface area contributed by atoms with Crippen LogP contribution in [0.2, 0.25) is 0 Å². The molecule has 0 unspecified atom stereocenters. The maximum absolute atomic E-state index is 11.4. The number of aromatic nitrogens is 2. The molecule has 0 aliphatic heterocycles. The molecule has 19 heavy (non-hydrogen) atoms. The predicted molar refractivity (Wildman–Crippen MR) is 74.9 cm³/mol. The van der Waals surface area contributed by atoms with E-state index in [0.29, 0.717) is 6.42 Å². The molecule has 0 saturated carbocycles. The van der Waals surface area contributed by atoms with E-state index in [2.05, 4.69) is 5.10 Å². The lowest BCUT2D eigenvalue weighted by Gasteiger charge is -2.07. The molecule has 0 radical (unpaired) electrons. The lowest BCUT2D eigenvalue weighted by atomic mass is 10.1. The standard InChI is InChI=1S/C14H16N2O2S/c1-16-9-13(8-15-16)19-10-12-6-4-3-5-11(12)7-14(17)18-2/h3-6,8-9H,7,10H2,1-2H3. The molecule has 0 saturated heterocycles. The van der Waals surface area contributed by atoms with Crippen LogP contribution in [0.1, 0.15) is 11.1 Å². The molecule has 0 atom stereocenters. The van der Waals surface area contributed by atoms with Gasteiger partial charge in [-0.2, -0.15) is 5.10 Å². The first-order valence-corrected chi connectivity index (χ1v) is 6.92. The Morgan fingerprint density at radius 3 is 2.74 bits per heavy atom. The van der Waals surface area contributed by atoms with Gasteiger partial charge in [0, 0.05) is 23.9 Å². The summed E-state index contributed by atoms with van der Waals surface area (Å²) in [7, 11) is 3.31. The van der Waals surface area contributed by atoms with Gasteiger partial charge in [0.05, 0.1) is 19.7 Å². The Hall–Kier alpha value is -1.75. The van der Waals surface area contributed by atoms with Gasteiger partial charge in [0.25, 0.3) is 0 Å². The highest BCUT2D eigenvalue weighted by Crippen LogP contribution is 2.24. The summed E-state index contributed by atoms with van der Waals surface area (Å²) in [6.07, 6.45) is 4.14. The Balaban J connectivity index is 2.05. The third-order valence-electron chi connectivity index (χ3n) is 2.76. The van der Waals surface area contributed by atoms with Crippen LogP contribution in [0, 0.1) is 0 Å². The number of hydrogen-bond acceptors (Lipinski definition) is 4. The molecular formula is C14H16N2O2S. The van der Waals surface area contributed by atoms with Crippen molar-refractivity contribution in [3.8, 4) is 0 Å². The lowest BCUT2D eigenvalue weighted by molar-refractivity contribution is -0.139. The molecule has 1 heterocycles. The molecule has 0 amide bonds. The van der Waals surface area contributed by atoms with Gasteiger partial charge in [0.2, 0.25) is 0 Å². The number of methoxy groups -OCH3 is 1. The van der Waals surface area contributed by atoms with E-state index in [1.165, 1.54) is 7.11 Å². The number of esters is 1. The minimum absolute atomic E-state index is 0.209. The van der Waals surface area contributed by atoms with Crippen LogP contribution < -0.4 is 0 Å². The van der Waals surface area contributed by atoms with E-state index in [-0.39, 0.29) is 5.97 Å². The smallest absolute Gasteiger partial charge is 0.309 e. The average Bonchev–Trinajstić information content (AvgIpc) is 2.83. The van der Waals surface area contributed by atoms with Gasteiger partial charge in [-0.25, -0.2) is 0 Å². The number of ether oxygens (including phenoxy) is 1. The molecule has 1 aromatic carbocycles. The van der Waals surface area contributed by atoms with Crippen molar-refractivity contribution in [1.82, 2.24) is 9.78 Å². The van der Waals surface area contributed by atoms with Gasteiger partial charge in [-0.05, 0) is 11.1 Å². The molecule has 0 aliphatic rings. The van der Waals surface area contributed by atoms with Crippen molar-refractivity contribution in [2.75, 3.05) is 7.11 Å². The highest BCUT2D eigenvalue weighted by atomic mass is 32.2. The van der Waals surface area contributed by atoms with Gasteiger partial charge in [0.1, 0.15) is 0 Å². The third kappa shape index (κ3) is 3.86. The van der Waals surface area contributed by atoms with Crippen molar-refractivity contribution in [2.45, 2.75) is 17.1 Å². The highest BCUT2D eigenvalue weighted by molar-refractivity contribution is 7.98. The van der Waals surface area contributed by atoms with Crippen LogP contribution in [-0.4, -0.2) is 22.9 Å². The van der Waals surface area contributed by atoms with Gasteiger partial charge in [-0.15, -0.1) is 11.8 Å². The summed E-state index contributed by atoms with van der Waals surface area (Å²) < 4.78 is 6.50. The Morgan fingerprint density at radius 2 is 2.11 bits per heavy atom. The summed E-state index contributed by atoms with van der Waals surface area (Å²) in [6, 6.07) is 7.94. The zero-order valence-corrected chi connectivity index (χ0v) is 11.8. The first kappa shape index (κ1) is 13.7. The van der Waals surface area contributed by atoms with E-state index >= 15 is 0 Å². The van der Waals surface area contributed by atoms with E-state index in [0.717, 1.165) is 21.8 Å². The second-order valence-corrected chi connectivity index (χ2v) is 5.21.